The van der Waals surface area contributed by atoms with Gasteiger partial charge in [0, 0.05) is 40.8 Å². The molecule has 5 aromatic rings. The molecule has 0 amide bonds. The first-order chi connectivity index (χ1) is 16.6. The van der Waals surface area contributed by atoms with Crippen LogP contribution in [-0.4, -0.2) is 31.3 Å². The van der Waals surface area contributed by atoms with E-state index in [0.717, 1.165) is 26.9 Å². The van der Waals surface area contributed by atoms with Crippen LogP contribution in [0.2, 0.25) is 0 Å². The van der Waals surface area contributed by atoms with Crippen LogP contribution in [0.5, 0.6) is 5.75 Å². The molecule has 0 atom stereocenters. The number of fused-ring (bicyclic) bond motifs is 3. The zero-order chi connectivity index (χ0) is 23.2. The summed E-state index contributed by atoms with van der Waals surface area (Å²) in [6.07, 6.45) is 3.63. The van der Waals surface area contributed by atoms with E-state index in [0.29, 0.717) is 36.0 Å². The maximum absolute atomic E-state index is 14.4. The first kappa shape index (κ1) is 20.4. The van der Waals surface area contributed by atoms with Crippen molar-refractivity contribution in [1.82, 2.24) is 24.7 Å². The fraction of sp³-hybridized carbons (Fsp3) is 0.0833. The number of nitrogens with zero attached hydrogens (tertiary/aromatic N) is 4. The third-order valence-corrected chi connectivity index (χ3v) is 6.69. The van der Waals surface area contributed by atoms with Gasteiger partial charge in [0.2, 0.25) is 5.56 Å². The number of aromatic amines is 1. The summed E-state index contributed by atoms with van der Waals surface area (Å²) in [6.45, 7) is 0.485. The number of pyridine rings is 2. The molecule has 6 rings (SSSR count). The standard InChI is InChI=1S/C24H15F2N5O2S/c25-14-2-4-18(16(26)9-14)31-24(28-12-29-31)21-10-15-20(34-21)7-8-33-19-5-3-17(30-23(15)19)13-1-6-22(32)27-11-13/h1-6,9-12H,7-8H2,(H,27,32). The van der Waals surface area contributed by atoms with E-state index in [-0.39, 0.29) is 11.2 Å². The van der Waals surface area contributed by atoms with Crippen LogP contribution in [0.4, 0.5) is 8.78 Å². The van der Waals surface area contributed by atoms with Crippen LogP contribution in [0.3, 0.4) is 0 Å². The molecule has 0 aliphatic carbocycles. The smallest absolute Gasteiger partial charge is 0.247 e. The van der Waals surface area contributed by atoms with Crippen molar-refractivity contribution in [3.63, 3.8) is 0 Å². The Morgan fingerprint density at radius 2 is 2.00 bits per heavy atom. The molecule has 4 aromatic heterocycles. The summed E-state index contributed by atoms with van der Waals surface area (Å²) in [7, 11) is 0. The van der Waals surface area contributed by atoms with Crippen LogP contribution in [0.15, 0.2) is 65.8 Å². The number of aromatic nitrogens is 5. The minimum absolute atomic E-state index is 0.111. The molecule has 0 saturated heterocycles. The molecule has 1 aromatic carbocycles. The largest absolute Gasteiger partial charge is 0.491 e. The maximum atomic E-state index is 14.4. The minimum atomic E-state index is -0.726. The predicted octanol–water partition coefficient (Wildman–Crippen LogP) is 4.63. The lowest BCUT2D eigenvalue weighted by Gasteiger charge is -2.09. The van der Waals surface area contributed by atoms with Gasteiger partial charge in [-0.05, 0) is 36.4 Å². The second-order valence-corrected chi connectivity index (χ2v) is 8.76. The van der Waals surface area contributed by atoms with Gasteiger partial charge in [-0.25, -0.2) is 23.4 Å². The van der Waals surface area contributed by atoms with Gasteiger partial charge in [0.1, 0.15) is 29.3 Å². The van der Waals surface area contributed by atoms with E-state index in [2.05, 4.69) is 15.1 Å². The van der Waals surface area contributed by atoms with Gasteiger partial charge in [0.15, 0.2) is 11.6 Å². The van der Waals surface area contributed by atoms with Crippen LogP contribution in [0.1, 0.15) is 4.88 Å². The fourth-order valence-corrected chi connectivity index (χ4v) is 5.03. The molecule has 10 heteroatoms. The summed E-state index contributed by atoms with van der Waals surface area (Å²) < 4.78 is 35.1. The number of hydrogen-bond donors (Lipinski definition) is 1. The summed E-state index contributed by atoms with van der Waals surface area (Å²) in [5.41, 5.74) is 2.96. The van der Waals surface area contributed by atoms with Crippen LogP contribution in [-0.2, 0) is 6.42 Å². The molecule has 5 heterocycles. The molecular formula is C24H15F2N5O2S. The van der Waals surface area contributed by atoms with E-state index in [9.17, 15) is 13.6 Å². The normalized spacial score (nSPS) is 12.5. The number of thiophene rings is 1. The summed E-state index contributed by atoms with van der Waals surface area (Å²) in [5, 5.41) is 4.16. The van der Waals surface area contributed by atoms with Crippen LogP contribution in [0.25, 0.3) is 38.9 Å². The van der Waals surface area contributed by atoms with E-state index < -0.39 is 11.6 Å². The highest BCUT2D eigenvalue weighted by atomic mass is 32.1. The lowest BCUT2D eigenvalue weighted by atomic mass is 10.1. The average Bonchev–Trinajstić information content (AvgIpc) is 3.44. The monoisotopic (exact) mass is 475 g/mol. The molecule has 34 heavy (non-hydrogen) atoms. The Labute approximate surface area is 195 Å². The van der Waals surface area contributed by atoms with E-state index in [4.69, 9.17) is 9.72 Å². The first-order valence-electron chi connectivity index (χ1n) is 10.4. The molecule has 0 unspecified atom stereocenters. The van der Waals surface area contributed by atoms with Crippen molar-refractivity contribution in [3.8, 4) is 44.7 Å². The molecule has 168 valence electrons. The summed E-state index contributed by atoms with van der Waals surface area (Å²) in [5.74, 6) is -0.285. The molecule has 0 spiro atoms. The molecule has 0 radical (unpaired) electrons. The topological polar surface area (TPSA) is 85.7 Å². The van der Waals surface area contributed by atoms with E-state index >= 15 is 0 Å². The highest BCUT2D eigenvalue weighted by molar-refractivity contribution is 7.16. The van der Waals surface area contributed by atoms with E-state index in [1.807, 2.05) is 18.2 Å². The van der Waals surface area contributed by atoms with Gasteiger partial charge in [-0.3, -0.25) is 4.79 Å². The van der Waals surface area contributed by atoms with Crippen molar-refractivity contribution in [3.05, 3.63) is 87.9 Å². The molecular weight excluding hydrogens is 460 g/mol. The Hall–Kier alpha value is -4.18. The van der Waals surface area contributed by atoms with Gasteiger partial charge in [-0.2, -0.15) is 5.10 Å². The molecule has 0 fully saturated rings. The Kier molecular flexibility index (Phi) is 4.80. The number of hydrogen-bond acceptors (Lipinski definition) is 6. The molecule has 0 saturated carbocycles. The number of nitrogens with one attached hydrogen (secondary N) is 1. The molecule has 1 aliphatic rings. The Bertz CT molecular complexity index is 1590. The summed E-state index contributed by atoms with van der Waals surface area (Å²) in [4.78, 5) is 25.1. The van der Waals surface area contributed by atoms with Gasteiger partial charge in [-0.1, -0.05) is 0 Å². The summed E-state index contributed by atoms with van der Waals surface area (Å²) in [6, 6.07) is 12.2. The van der Waals surface area contributed by atoms with E-state index in [1.54, 1.807) is 12.3 Å². The average molecular weight is 475 g/mol. The Morgan fingerprint density at radius 3 is 2.82 bits per heavy atom. The molecule has 1 N–H and O–H groups in total. The third kappa shape index (κ3) is 3.48. The van der Waals surface area contributed by atoms with Crippen molar-refractivity contribution in [2.24, 2.45) is 0 Å². The van der Waals surface area contributed by atoms with Gasteiger partial charge >= 0.3 is 0 Å². The van der Waals surface area contributed by atoms with Crippen LogP contribution >= 0.6 is 11.3 Å². The van der Waals surface area contributed by atoms with Crippen LogP contribution < -0.4 is 10.3 Å². The number of ether oxygens (including phenoxy) is 1. The van der Waals surface area contributed by atoms with E-state index in [1.165, 1.54) is 40.5 Å². The molecule has 7 nitrogen and oxygen atoms in total. The molecule has 0 bridgehead atoms. The van der Waals surface area contributed by atoms with Gasteiger partial charge < -0.3 is 9.72 Å². The van der Waals surface area contributed by atoms with Gasteiger partial charge in [-0.15, -0.1) is 11.3 Å². The fourth-order valence-electron chi connectivity index (χ4n) is 3.90. The maximum Gasteiger partial charge on any atom is 0.247 e. The van der Waals surface area contributed by atoms with Crippen LogP contribution in [0, 0.1) is 11.6 Å². The van der Waals surface area contributed by atoms with Crippen molar-refractivity contribution >= 4 is 11.3 Å². The Morgan fingerprint density at radius 1 is 1.09 bits per heavy atom. The third-order valence-electron chi connectivity index (χ3n) is 5.50. The van der Waals surface area contributed by atoms with Crippen molar-refractivity contribution in [2.75, 3.05) is 6.61 Å². The lowest BCUT2D eigenvalue weighted by molar-refractivity contribution is 0.326. The van der Waals surface area contributed by atoms with Gasteiger partial charge in [0.25, 0.3) is 0 Å². The Balaban J connectivity index is 1.46. The number of H-pyrrole nitrogens is 1. The molecule has 1 aliphatic heterocycles. The van der Waals surface area contributed by atoms with Crippen molar-refractivity contribution < 1.29 is 13.5 Å². The predicted molar refractivity (Wildman–Crippen MR) is 123 cm³/mol. The van der Waals surface area contributed by atoms with Crippen molar-refractivity contribution in [1.29, 1.82) is 0 Å². The SMILES string of the molecule is O=c1ccc(-c2ccc3c(n2)-c2cc(-c4ncnn4-c4ccc(F)cc4F)sc2CCO3)c[nH]1. The zero-order valence-corrected chi connectivity index (χ0v) is 18.3. The van der Waals surface area contributed by atoms with Gasteiger partial charge in [0.05, 0.1) is 17.2 Å². The number of halogens is 2. The highest BCUT2D eigenvalue weighted by Gasteiger charge is 2.24. The minimum Gasteiger partial charge on any atom is -0.491 e. The highest BCUT2D eigenvalue weighted by Crippen LogP contribution is 2.42. The summed E-state index contributed by atoms with van der Waals surface area (Å²) >= 11 is 1.50. The lowest BCUT2D eigenvalue weighted by Crippen LogP contribution is -2.02. The number of benzene rings is 1. The first-order valence-corrected chi connectivity index (χ1v) is 11.2. The quantitative estimate of drug-likeness (QED) is 0.411. The second kappa shape index (κ2) is 7.99. The second-order valence-electron chi connectivity index (χ2n) is 7.62. The number of rotatable bonds is 3. The van der Waals surface area contributed by atoms with Crippen molar-refractivity contribution in [2.45, 2.75) is 6.42 Å². The zero-order valence-electron chi connectivity index (χ0n) is 17.5.